The number of hydrogen-bond acceptors (Lipinski definition) is 6. The summed E-state index contributed by atoms with van der Waals surface area (Å²) in [4.78, 5) is 53.8. The minimum Gasteiger partial charge on any atom is -0.444 e. The average Bonchev–Trinajstić information content (AvgIpc) is 2.78. The molecule has 1 aliphatic rings. The fraction of sp³-hybridized carbons (Fsp3) is 0.444. The van der Waals surface area contributed by atoms with Crippen LogP contribution in [0.3, 0.4) is 0 Å². The van der Waals surface area contributed by atoms with Gasteiger partial charge in [-0.05, 0) is 39.3 Å². The van der Waals surface area contributed by atoms with Crippen LogP contribution in [-0.4, -0.2) is 40.6 Å². The standard InChI is InChI=1S/C18H22N2O6/c1-5-8-13(19-17(24)25-18(2,3)4)16(23)26-20-14(21)11-9-6-7-10-12(11)15(20)22/h6-7,9-10,13H,5,8H2,1-4H3,(H,19,24). The summed E-state index contributed by atoms with van der Waals surface area (Å²) >= 11 is 0. The van der Waals surface area contributed by atoms with Crippen molar-refractivity contribution in [3.63, 3.8) is 0 Å². The lowest BCUT2D eigenvalue weighted by Crippen LogP contribution is -2.46. The zero-order chi connectivity index (χ0) is 19.5. The monoisotopic (exact) mass is 362 g/mol. The van der Waals surface area contributed by atoms with E-state index in [0.29, 0.717) is 11.5 Å². The van der Waals surface area contributed by atoms with Crippen LogP contribution < -0.4 is 5.32 Å². The number of nitrogens with one attached hydrogen (secondary N) is 1. The molecule has 140 valence electrons. The third-order valence-corrected chi connectivity index (χ3v) is 3.49. The minimum absolute atomic E-state index is 0.164. The van der Waals surface area contributed by atoms with Crippen molar-refractivity contribution < 1.29 is 28.8 Å². The SMILES string of the molecule is CCCC(NC(=O)OC(C)(C)C)C(=O)ON1C(=O)c2ccccc2C1=O. The van der Waals surface area contributed by atoms with Crippen molar-refractivity contribution in [1.29, 1.82) is 0 Å². The molecule has 0 saturated carbocycles. The van der Waals surface area contributed by atoms with Gasteiger partial charge in [-0.1, -0.05) is 30.5 Å². The number of imide groups is 1. The van der Waals surface area contributed by atoms with E-state index in [4.69, 9.17) is 9.57 Å². The van der Waals surface area contributed by atoms with Gasteiger partial charge >= 0.3 is 12.1 Å². The summed E-state index contributed by atoms with van der Waals surface area (Å²) in [6.07, 6.45) is 0.0501. The molecule has 8 heteroatoms. The number of benzene rings is 1. The van der Waals surface area contributed by atoms with E-state index in [1.165, 1.54) is 12.1 Å². The summed E-state index contributed by atoms with van der Waals surface area (Å²) in [6.45, 7) is 6.90. The maximum absolute atomic E-state index is 12.4. The highest BCUT2D eigenvalue weighted by Crippen LogP contribution is 2.23. The third-order valence-electron chi connectivity index (χ3n) is 3.49. The number of amides is 3. The molecule has 1 aromatic carbocycles. The molecule has 1 heterocycles. The highest BCUT2D eigenvalue weighted by molar-refractivity contribution is 6.20. The van der Waals surface area contributed by atoms with Crippen molar-refractivity contribution in [2.24, 2.45) is 0 Å². The molecule has 0 fully saturated rings. The molecule has 1 atom stereocenters. The lowest BCUT2D eigenvalue weighted by atomic mass is 10.1. The minimum atomic E-state index is -1.04. The summed E-state index contributed by atoms with van der Waals surface area (Å²) < 4.78 is 5.12. The van der Waals surface area contributed by atoms with Gasteiger partial charge in [0.15, 0.2) is 0 Å². The van der Waals surface area contributed by atoms with E-state index in [-0.39, 0.29) is 17.5 Å². The first kappa shape index (κ1) is 19.4. The summed E-state index contributed by atoms with van der Waals surface area (Å²) in [6, 6.07) is 5.13. The van der Waals surface area contributed by atoms with Crippen LogP contribution in [-0.2, 0) is 14.4 Å². The van der Waals surface area contributed by atoms with Crippen LogP contribution in [0.25, 0.3) is 0 Å². The Morgan fingerprint density at radius 2 is 1.65 bits per heavy atom. The van der Waals surface area contributed by atoms with Crippen LogP contribution in [0.15, 0.2) is 24.3 Å². The Balaban J connectivity index is 2.07. The predicted molar refractivity (Wildman–Crippen MR) is 91.1 cm³/mol. The molecule has 0 bridgehead atoms. The summed E-state index contributed by atoms with van der Waals surface area (Å²) in [5.74, 6) is -2.34. The van der Waals surface area contributed by atoms with Gasteiger partial charge < -0.3 is 14.9 Å². The van der Waals surface area contributed by atoms with Crippen molar-refractivity contribution >= 4 is 23.9 Å². The molecule has 0 saturated heterocycles. The Labute approximate surface area is 151 Å². The van der Waals surface area contributed by atoms with Crippen molar-refractivity contribution in [2.45, 2.75) is 52.2 Å². The fourth-order valence-corrected chi connectivity index (χ4v) is 2.39. The number of ether oxygens (including phenoxy) is 1. The van der Waals surface area contributed by atoms with Gasteiger partial charge in [0.25, 0.3) is 11.8 Å². The van der Waals surface area contributed by atoms with Gasteiger partial charge in [-0.2, -0.15) is 0 Å². The fourth-order valence-electron chi connectivity index (χ4n) is 2.39. The molecule has 0 radical (unpaired) electrons. The van der Waals surface area contributed by atoms with Gasteiger partial charge in [0.05, 0.1) is 11.1 Å². The van der Waals surface area contributed by atoms with Crippen LogP contribution in [0, 0.1) is 0 Å². The summed E-state index contributed by atoms with van der Waals surface area (Å²) in [5, 5.41) is 2.84. The van der Waals surface area contributed by atoms with E-state index in [1.807, 2.05) is 6.92 Å². The maximum Gasteiger partial charge on any atom is 0.408 e. The Morgan fingerprint density at radius 3 is 2.12 bits per heavy atom. The highest BCUT2D eigenvalue weighted by atomic mass is 16.7. The van der Waals surface area contributed by atoms with Gasteiger partial charge in [0.1, 0.15) is 11.6 Å². The summed E-state index contributed by atoms with van der Waals surface area (Å²) in [5.41, 5.74) is -0.400. The molecular weight excluding hydrogens is 340 g/mol. The van der Waals surface area contributed by atoms with Crippen LogP contribution in [0.5, 0.6) is 0 Å². The molecule has 2 rings (SSSR count). The molecule has 26 heavy (non-hydrogen) atoms. The second kappa shape index (κ2) is 7.55. The topological polar surface area (TPSA) is 102 Å². The van der Waals surface area contributed by atoms with Gasteiger partial charge in [-0.15, -0.1) is 0 Å². The lowest BCUT2D eigenvalue weighted by Gasteiger charge is -2.23. The maximum atomic E-state index is 12.4. The second-order valence-electron chi connectivity index (χ2n) is 6.85. The number of nitrogens with zero attached hydrogens (tertiary/aromatic N) is 1. The van der Waals surface area contributed by atoms with Crippen LogP contribution >= 0.6 is 0 Å². The largest absolute Gasteiger partial charge is 0.444 e. The number of hydrogen-bond donors (Lipinski definition) is 1. The Hall–Kier alpha value is -2.90. The van der Waals surface area contributed by atoms with Crippen molar-refractivity contribution in [3.8, 4) is 0 Å². The predicted octanol–water partition coefficient (Wildman–Crippen LogP) is 2.43. The quantitative estimate of drug-likeness (QED) is 0.807. The molecule has 1 aliphatic heterocycles. The van der Waals surface area contributed by atoms with Crippen LogP contribution in [0.2, 0.25) is 0 Å². The van der Waals surface area contributed by atoms with Crippen LogP contribution in [0.4, 0.5) is 4.79 Å². The zero-order valence-corrected chi connectivity index (χ0v) is 15.2. The Bertz CT molecular complexity index is 702. The van der Waals surface area contributed by atoms with E-state index < -0.39 is 35.5 Å². The van der Waals surface area contributed by atoms with E-state index in [0.717, 1.165) is 0 Å². The number of rotatable bonds is 5. The van der Waals surface area contributed by atoms with Gasteiger partial charge in [-0.25, -0.2) is 9.59 Å². The zero-order valence-electron chi connectivity index (χ0n) is 15.2. The number of hydroxylamine groups is 2. The van der Waals surface area contributed by atoms with E-state index in [1.54, 1.807) is 32.9 Å². The molecule has 8 nitrogen and oxygen atoms in total. The van der Waals surface area contributed by atoms with E-state index >= 15 is 0 Å². The first-order chi connectivity index (χ1) is 12.1. The van der Waals surface area contributed by atoms with E-state index in [2.05, 4.69) is 5.32 Å². The van der Waals surface area contributed by atoms with Gasteiger partial charge in [0.2, 0.25) is 0 Å². The lowest BCUT2D eigenvalue weighted by molar-refractivity contribution is -0.171. The summed E-state index contributed by atoms with van der Waals surface area (Å²) in [7, 11) is 0. The van der Waals surface area contributed by atoms with Crippen molar-refractivity contribution in [3.05, 3.63) is 35.4 Å². The third kappa shape index (κ3) is 4.38. The van der Waals surface area contributed by atoms with Gasteiger partial charge in [-0.3, -0.25) is 9.59 Å². The van der Waals surface area contributed by atoms with Crippen molar-refractivity contribution in [2.75, 3.05) is 0 Å². The molecule has 0 aromatic heterocycles. The molecule has 1 aromatic rings. The second-order valence-corrected chi connectivity index (χ2v) is 6.85. The van der Waals surface area contributed by atoms with E-state index in [9.17, 15) is 19.2 Å². The van der Waals surface area contributed by atoms with Crippen LogP contribution in [0.1, 0.15) is 61.3 Å². The average molecular weight is 362 g/mol. The highest BCUT2D eigenvalue weighted by Gasteiger charge is 2.40. The molecule has 3 amide bonds. The van der Waals surface area contributed by atoms with Crippen molar-refractivity contribution in [1.82, 2.24) is 10.4 Å². The molecule has 1 N–H and O–H groups in total. The number of carbonyl (C=O) groups is 4. The normalized spacial score (nSPS) is 14.7. The Morgan fingerprint density at radius 1 is 1.12 bits per heavy atom. The Kier molecular flexibility index (Phi) is 5.64. The number of carbonyl (C=O) groups excluding carboxylic acids is 4. The van der Waals surface area contributed by atoms with Gasteiger partial charge in [0, 0.05) is 0 Å². The number of alkyl carbamates (subject to hydrolysis) is 1. The number of fused-ring (bicyclic) bond motifs is 1. The first-order valence-corrected chi connectivity index (χ1v) is 8.33. The molecular formula is C18H22N2O6. The molecule has 0 aliphatic carbocycles. The first-order valence-electron chi connectivity index (χ1n) is 8.33. The molecule has 1 unspecified atom stereocenters. The molecule has 0 spiro atoms. The smallest absolute Gasteiger partial charge is 0.408 e.